The van der Waals surface area contributed by atoms with E-state index in [-0.39, 0.29) is 19.1 Å². The van der Waals surface area contributed by atoms with Gasteiger partial charge in [-0.15, -0.1) is 22.7 Å². The van der Waals surface area contributed by atoms with Crippen molar-refractivity contribution in [1.82, 2.24) is 9.88 Å². The minimum Gasteiger partial charge on any atom is -0.486 e. The molecule has 1 amide bonds. The maximum absolute atomic E-state index is 13.3. The third-order valence-electron chi connectivity index (χ3n) is 4.73. The smallest absolute Gasteiger partial charge is 0.264 e. The van der Waals surface area contributed by atoms with Crippen LogP contribution < -0.4 is 4.74 Å². The van der Waals surface area contributed by atoms with Crippen LogP contribution in [-0.4, -0.2) is 20.9 Å². The number of aromatic nitrogens is 1. The predicted molar refractivity (Wildman–Crippen MR) is 128 cm³/mol. The second-order valence-corrected chi connectivity index (χ2v) is 9.38. The lowest BCUT2D eigenvalue weighted by molar-refractivity contribution is 0.0733. The lowest BCUT2D eigenvalue weighted by Gasteiger charge is -2.24. The standard InChI is InChI=1S/C24H21ClN2O3S2/c25-19-8-9-21(30-15-23-26-20(14-28)16-32-23)18(11-19)13-27(12-17-5-2-1-3-6-17)24(29)22-7-4-10-31-22/h1-11,16,28H,12-15H2. The van der Waals surface area contributed by atoms with Gasteiger partial charge in [0.05, 0.1) is 23.7 Å². The average molecular weight is 485 g/mol. The zero-order chi connectivity index (χ0) is 22.3. The summed E-state index contributed by atoms with van der Waals surface area (Å²) < 4.78 is 6.03. The van der Waals surface area contributed by atoms with Crippen molar-refractivity contribution in [3.63, 3.8) is 0 Å². The minimum absolute atomic E-state index is 0.0395. The summed E-state index contributed by atoms with van der Waals surface area (Å²) in [5.74, 6) is 0.606. The monoisotopic (exact) mass is 484 g/mol. The number of carbonyl (C=O) groups is 1. The van der Waals surface area contributed by atoms with Gasteiger partial charge in [-0.25, -0.2) is 4.98 Å². The van der Waals surface area contributed by atoms with Gasteiger partial charge in [-0.2, -0.15) is 0 Å². The minimum atomic E-state index is -0.0953. The highest BCUT2D eigenvalue weighted by molar-refractivity contribution is 7.12. The molecule has 0 unspecified atom stereocenters. The van der Waals surface area contributed by atoms with Crippen molar-refractivity contribution in [2.45, 2.75) is 26.3 Å². The number of thiophene rings is 1. The van der Waals surface area contributed by atoms with E-state index in [0.717, 1.165) is 16.1 Å². The van der Waals surface area contributed by atoms with E-state index in [2.05, 4.69) is 4.98 Å². The second-order valence-electron chi connectivity index (χ2n) is 7.06. The first kappa shape index (κ1) is 22.5. The van der Waals surface area contributed by atoms with Gasteiger partial charge in [0.1, 0.15) is 17.4 Å². The van der Waals surface area contributed by atoms with Crippen LogP contribution in [0, 0.1) is 0 Å². The van der Waals surface area contributed by atoms with Crippen LogP contribution in [0.3, 0.4) is 0 Å². The van der Waals surface area contributed by atoms with E-state index in [9.17, 15) is 9.90 Å². The van der Waals surface area contributed by atoms with E-state index in [1.807, 2.05) is 65.4 Å². The molecule has 0 aliphatic rings. The highest BCUT2D eigenvalue weighted by Gasteiger charge is 2.20. The van der Waals surface area contributed by atoms with Gasteiger partial charge in [0.15, 0.2) is 0 Å². The number of amides is 1. The van der Waals surface area contributed by atoms with Gasteiger partial charge >= 0.3 is 0 Å². The zero-order valence-electron chi connectivity index (χ0n) is 17.1. The van der Waals surface area contributed by atoms with E-state index in [4.69, 9.17) is 16.3 Å². The molecule has 0 aliphatic heterocycles. The molecule has 4 rings (SSSR count). The topological polar surface area (TPSA) is 62.7 Å². The quantitative estimate of drug-likeness (QED) is 0.327. The Kier molecular flexibility index (Phi) is 7.55. The fourth-order valence-electron chi connectivity index (χ4n) is 3.20. The molecular formula is C24H21ClN2O3S2. The number of benzene rings is 2. The molecule has 2 heterocycles. The van der Waals surface area contributed by atoms with Crippen molar-refractivity contribution in [2.75, 3.05) is 0 Å². The molecule has 0 aliphatic carbocycles. The molecule has 0 atom stereocenters. The van der Waals surface area contributed by atoms with Gasteiger partial charge in [-0.1, -0.05) is 48.0 Å². The summed E-state index contributed by atoms with van der Waals surface area (Å²) in [6.45, 7) is 0.996. The molecule has 5 nitrogen and oxygen atoms in total. The molecule has 1 N–H and O–H groups in total. The average Bonchev–Trinajstić information content (AvgIpc) is 3.50. The molecule has 0 radical (unpaired) electrons. The van der Waals surface area contributed by atoms with E-state index >= 15 is 0 Å². The summed E-state index contributed by atoms with van der Waals surface area (Å²) in [7, 11) is 0. The van der Waals surface area contributed by atoms with Crippen molar-refractivity contribution in [3.8, 4) is 5.75 Å². The molecule has 164 valence electrons. The molecule has 4 aromatic rings. The van der Waals surface area contributed by atoms with Crippen LogP contribution in [0.15, 0.2) is 71.4 Å². The number of carbonyl (C=O) groups excluding carboxylic acids is 1. The molecular weight excluding hydrogens is 464 g/mol. The highest BCUT2D eigenvalue weighted by Crippen LogP contribution is 2.27. The van der Waals surface area contributed by atoms with Crippen LogP contribution in [0.2, 0.25) is 5.02 Å². The molecule has 32 heavy (non-hydrogen) atoms. The Balaban J connectivity index is 1.57. The molecule has 0 saturated carbocycles. The number of thiazole rings is 1. The van der Waals surface area contributed by atoms with Gasteiger partial charge < -0.3 is 14.7 Å². The SMILES string of the molecule is O=C(c1cccs1)N(Cc1ccccc1)Cc1cc(Cl)ccc1OCc1nc(CO)cs1. The van der Waals surface area contributed by atoms with Crippen LogP contribution in [0.25, 0.3) is 0 Å². The number of aliphatic hydroxyl groups excluding tert-OH is 1. The van der Waals surface area contributed by atoms with Gasteiger partial charge in [-0.3, -0.25) is 4.79 Å². The lowest BCUT2D eigenvalue weighted by atomic mass is 10.1. The summed E-state index contributed by atoms with van der Waals surface area (Å²) in [4.78, 5) is 20.1. The van der Waals surface area contributed by atoms with E-state index < -0.39 is 0 Å². The first-order valence-electron chi connectivity index (χ1n) is 9.94. The number of ether oxygens (including phenoxy) is 1. The van der Waals surface area contributed by atoms with Crippen molar-refractivity contribution in [2.24, 2.45) is 0 Å². The van der Waals surface area contributed by atoms with Gasteiger partial charge in [0, 0.05) is 22.5 Å². The van der Waals surface area contributed by atoms with Crippen LogP contribution in [0.1, 0.15) is 31.5 Å². The molecule has 0 spiro atoms. The summed E-state index contributed by atoms with van der Waals surface area (Å²) in [6, 6.07) is 19.0. The summed E-state index contributed by atoms with van der Waals surface area (Å²) in [5, 5.41) is 14.3. The third kappa shape index (κ3) is 5.75. The van der Waals surface area contributed by atoms with Gasteiger partial charge in [0.25, 0.3) is 5.91 Å². The number of aliphatic hydroxyl groups is 1. The maximum Gasteiger partial charge on any atom is 0.264 e. The van der Waals surface area contributed by atoms with Crippen molar-refractivity contribution >= 4 is 40.2 Å². The van der Waals surface area contributed by atoms with Crippen LogP contribution in [-0.2, 0) is 26.3 Å². The van der Waals surface area contributed by atoms with Crippen LogP contribution in [0.5, 0.6) is 5.75 Å². The number of halogens is 1. The molecule has 0 saturated heterocycles. The lowest BCUT2D eigenvalue weighted by Crippen LogP contribution is -2.29. The zero-order valence-corrected chi connectivity index (χ0v) is 19.5. The molecule has 8 heteroatoms. The van der Waals surface area contributed by atoms with Gasteiger partial charge in [-0.05, 0) is 35.2 Å². The Labute approximate surface area is 199 Å². The second kappa shape index (κ2) is 10.7. The Morgan fingerprint density at radius 3 is 2.62 bits per heavy atom. The predicted octanol–water partition coefficient (Wildman–Crippen LogP) is 5.77. The highest BCUT2D eigenvalue weighted by atomic mass is 35.5. The Morgan fingerprint density at radius 1 is 1.06 bits per heavy atom. The van der Waals surface area contributed by atoms with E-state index in [0.29, 0.717) is 34.4 Å². The Hall–Kier alpha value is -2.71. The largest absolute Gasteiger partial charge is 0.486 e. The first-order chi connectivity index (χ1) is 15.6. The molecule has 0 fully saturated rings. The van der Waals surface area contributed by atoms with Crippen LogP contribution >= 0.6 is 34.3 Å². The number of nitrogens with zero attached hydrogens (tertiary/aromatic N) is 2. The van der Waals surface area contributed by atoms with Gasteiger partial charge in [0.2, 0.25) is 0 Å². The third-order valence-corrected chi connectivity index (χ3v) is 6.70. The van der Waals surface area contributed by atoms with Crippen LogP contribution in [0.4, 0.5) is 0 Å². The molecule has 2 aromatic heterocycles. The van der Waals surface area contributed by atoms with Crippen molar-refractivity contribution in [1.29, 1.82) is 0 Å². The Bertz CT molecular complexity index is 1160. The van der Waals surface area contributed by atoms with E-state index in [1.54, 1.807) is 11.0 Å². The summed E-state index contributed by atoms with van der Waals surface area (Å²) in [5.41, 5.74) is 2.49. The fraction of sp³-hybridized carbons (Fsp3) is 0.167. The number of hydrogen-bond acceptors (Lipinski definition) is 6. The van der Waals surface area contributed by atoms with Crippen molar-refractivity contribution < 1.29 is 14.6 Å². The fourth-order valence-corrected chi connectivity index (χ4v) is 4.79. The number of rotatable bonds is 9. The first-order valence-corrected chi connectivity index (χ1v) is 12.1. The molecule has 0 bridgehead atoms. The summed E-state index contributed by atoms with van der Waals surface area (Å²) >= 11 is 9.14. The van der Waals surface area contributed by atoms with E-state index in [1.165, 1.54) is 22.7 Å². The maximum atomic E-state index is 13.3. The normalized spacial score (nSPS) is 10.8. The van der Waals surface area contributed by atoms with Crippen molar-refractivity contribution in [3.05, 3.63) is 103 Å². The summed E-state index contributed by atoms with van der Waals surface area (Å²) in [6.07, 6.45) is 0. The Morgan fingerprint density at radius 2 is 1.91 bits per heavy atom. The number of hydrogen-bond donors (Lipinski definition) is 1. The molecule has 2 aromatic carbocycles.